The van der Waals surface area contributed by atoms with Crippen molar-refractivity contribution in [2.45, 2.75) is 69.6 Å². The monoisotopic (exact) mass is 613 g/mol. The highest BCUT2D eigenvalue weighted by Crippen LogP contribution is 2.40. The first kappa shape index (κ1) is 30.4. The molecule has 1 aliphatic carbocycles. The predicted octanol–water partition coefficient (Wildman–Crippen LogP) is 3.18. The van der Waals surface area contributed by atoms with E-state index in [1.165, 1.54) is 0 Å². The van der Waals surface area contributed by atoms with Crippen LogP contribution in [0.1, 0.15) is 78.1 Å². The van der Waals surface area contributed by atoms with E-state index >= 15 is 0 Å². The lowest BCUT2D eigenvalue weighted by Crippen LogP contribution is -2.47. The van der Waals surface area contributed by atoms with Gasteiger partial charge in [-0.05, 0) is 81.2 Å². The Morgan fingerprint density at radius 2 is 1.89 bits per heavy atom. The molecule has 4 heterocycles. The van der Waals surface area contributed by atoms with Gasteiger partial charge in [0.05, 0.1) is 35.2 Å². The highest BCUT2D eigenvalue weighted by atomic mass is 16.3. The van der Waals surface area contributed by atoms with Crippen molar-refractivity contribution in [3.8, 4) is 11.3 Å². The number of imide groups is 1. The number of fused-ring (bicyclic) bond motifs is 1. The van der Waals surface area contributed by atoms with Crippen molar-refractivity contribution in [2.75, 3.05) is 29.9 Å². The maximum atomic E-state index is 13.0. The second-order valence-electron chi connectivity index (χ2n) is 12.3. The molecule has 6 rings (SSSR count). The van der Waals surface area contributed by atoms with Crippen LogP contribution in [0.3, 0.4) is 0 Å². The predicted molar refractivity (Wildman–Crippen MR) is 168 cm³/mol. The van der Waals surface area contributed by atoms with Gasteiger partial charge in [0.25, 0.3) is 11.8 Å². The molecule has 12 heteroatoms. The number of rotatable bonds is 13. The largest absolute Gasteiger partial charge is 0.393 e. The maximum Gasteiger partial charge on any atom is 0.262 e. The smallest absolute Gasteiger partial charge is 0.262 e. The third-order valence-corrected chi connectivity index (χ3v) is 9.24. The van der Waals surface area contributed by atoms with Crippen LogP contribution < -0.4 is 16.0 Å². The molecule has 1 unspecified atom stereocenters. The molecule has 12 nitrogen and oxygen atoms in total. The average Bonchev–Trinajstić information content (AvgIpc) is 3.60. The van der Waals surface area contributed by atoms with Gasteiger partial charge in [0.2, 0.25) is 5.91 Å². The highest BCUT2D eigenvalue weighted by molar-refractivity contribution is 6.23. The number of carbonyl (C=O) groups excluding carboxylic acids is 4. The van der Waals surface area contributed by atoms with Crippen molar-refractivity contribution in [2.24, 2.45) is 11.7 Å². The van der Waals surface area contributed by atoms with E-state index in [9.17, 15) is 24.3 Å². The molecule has 1 saturated carbocycles. The summed E-state index contributed by atoms with van der Waals surface area (Å²) < 4.78 is 2.06. The van der Waals surface area contributed by atoms with Gasteiger partial charge in [-0.3, -0.25) is 24.0 Å². The number of aldehydes is 1. The fourth-order valence-corrected chi connectivity index (χ4v) is 6.58. The minimum atomic E-state index is -1.15. The molecule has 2 aromatic heterocycles. The van der Waals surface area contributed by atoms with Crippen molar-refractivity contribution < 1.29 is 24.3 Å². The summed E-state index contributed by atoms with van der Waals surface area (Å²) in [4.78, 5) is 56.6. The Bertz CT molecular complexity index is 1570. The zero-order chi connectivity index (χ0) is 31.5. The second-order valence-corrected chi connectivity index (χ2v) is 12.3. The van der Waals surface area contributed by atoms with Crippen LogP contribution in [-0.2, 0) is 9.59 Å². The molecule has 2 aliphatic heterocycles. The van der Waals surface area contributed by atoms with E-state index in [4.69, 9.17) is 10.7 Å². The number of amides is 3. The Balaban J connectivity index is 0.961. The van der Waals surface area contributed by atoms with Gasteiger partial charge in [-0.1, -0.05) is 6.07 Å². The van der Waals surface area contributed by atoms with Crippen LogP contribution in [0.25, 0.3) is 11.3 Å². The lowest BCUT2D eigenvalue weighted by molar-refractivity contribution is -0.122. The molecule has 2 fully saturated rings. The summed E-state index contributed by atoms with van der Waals surface area (Å²) in [6.07, 6.45) is 10.1. The first-order valence-electron chi connectivity index (χ1n) is 15.8. The number of carbonyl (C=O) groups is 4. The van der Waals surface area contributed by atoms with Crippen LogP contribution in [0.4, 0.5) is 11.5 Å². The number of benzene rings is 1. The van der Waals surface area contributed by atoms with Gasteiger partial charge in [-0.2, -0.15) is 5.10 Å². The molecule has 0 spiro atoms. The topological polar surface area (TPSA) is 164 Å². The fraction of sp³-hybridized carbons (Fsp3) is 0.455. The average molecular weight is 614 g/mol. The summed E-state index contributed by atoms with van der Waals surface area (Å²) in [5.41, 5.74) is 8.54. The molecule has 0 radical (unpaired) electrons. The molecular weight excluding hydrogens is 574 g/mol. The zero-order valence-corrected chi connectivity index (χ0v) is 25.2. The Morgan fingerprint density at radius 3 is 2.64 bits per heavy atom. The number of pyridine rings is 1. The lowest BCUT2D eigenvalue weighted by Gasteiger charge is -2.35. The van der Waals surface area contributed by atoms with Crippen LogP contribution in [-0.4, -0.2) is 80.6 Å². The maximum absolute atomic E-state index is 13.0. The third-order valence-electron chi connectivity index (χ3n) is 9.24. The highest BCUT2D eigenvalue weighted by Gasteiger charge is 2.42. The molecule has 3 amide bonds. The van der Waals surface area contributed by atoms with Gasteiger partial charge in [0.15, 0.2) is 0 Å². The fourth-order valence-electron chi connectivity index (χ4n) is 6.58. The Labute approximate surface area is 261 Å². The van der Waals surface area contributed by atoms with Crippen molar-refractivity contribution in [1.82, 2.24) is 19.7 Å². The van der Waals surface area contributed by atoms with E-state index in [0.29, 0.717) is 18.2 Å². The summed E-state index contributed by atoms with van der Waals surface area (Å²) in [7, 11) is 0. The van der Waals surface area contributed by atoms with Crippen LogP contribution in [0, 0.1) is 5.92 Å². The second kappa shape index (κ2) is 13.2. The Hall–Kier alpha value is -4.58. The Morgan fingerprint density at radius 1 is 1.11 bits per heavy atom. The lowest BCUT2D eigenvalue weighted by atomic mass is 9.77. The summed E-state index contributed by atoms with van der Waals surface area (Å²) in [6, 6.07) is 10.3. The molecule has 1 aromatic carbocycles. The number of anilines is 2. The molecule has 3 aromatic rings. The van der Waals surface area contributed by atoms with Crippen LogP contribution in [0.2, 0.25) is 0 Å². The molecule has 1 atom stereocenters. The van der Waals surface area contributed by atoms with Gasteiger partial charge in [-0.25, -0.2) is 4.98 Å². The normalized spacial score (nSPS) is 20.6. The molecule has 45 heavy (non-hydrogen) atoms. The number of nitrogens with one attached hydrogen (secondary N) is 1. The molecule has 1 saturated heterocycles. The number of hydrogen-bond acceptors (Lipinski definition) is 9. The number of aliphatic hydroxyl groups excluding tert-OH is 1. The summed E-state index contributed by atoms with van der Waals surface area (Å²) in [5.74, 6) is -0.390. The third kappa shape index (κ3) is 6.46. The molecule has 4 N–H and O–H groups in total. The summed E-state index contributed by atoms with van der Waals surface area (Å²) in [5, 5.41) is 17.8. The van der Waals surface area contributed by atoms with E-state index in [1.54, 1.807) is 18.2 Å². The van der Waals surface area contributed by atoms with E-state index in [1.807, 2.05) is 24.4 Å². The van der Waals surface area contributed by atoms with Crippen LogP contribution >= 0.6 is 0 Å². The number of aliphatic hydroxyl groups is 1. The molecular formula is C33H39N7O5. The SMILES string of the molecule is NC(=O)C(CCC=O)N1C(=O)c2ccc(NCCCC3CC(n4cc(-c5cccc(N6CCC(O)CC6)n5)cn4)C3)cc2C1=O. The van der Waals surface area contributed by atoms with E-state index in [-0.39, 0.29) is 30.1 Å². The van der Waals surface area contributed by atoms with Crippen molar-refractivity contribution in [1.29, 1.82) is 0 Å². The quantitative estimate of drug-likeness (QED) is 0.149. The molecule has 0 bridgehead atoms. The van der Waals surface area contributed by atoms with Gasteiger partial charge >= 0.3 is 0 Å². The Kier molecular flexibility index (Phi) is 8.92. The van der Waals surface area contributed by atoms with Crippen molar-refractivity contribution >= 4 is 35.5 Å². The van der Waals surface area contributed by atoms with Crippen LogP contribution in [0.15, 0.2) is 48.8 Å². The number of nitrogens with two attached hydrogens (primary N) is 1. The first-order chi connectivity index (χ1) is 21.8. The number of aromatic nitrogens is 3. The number of nitrogens with zero attached hydrogens (tertiary/aromatic N) is 5. The number of hydrogen-bond donors (Lipinski definition) is 3. The zero-order valence-electron chi connectivity index (χ0n) is 25.2. The van der Waals surface area contributed by atoms with Crippen molar-refractivity contribution in [3.63, 3.8) is 0 Å². The number of primary amides is 1. The first-order valence-corrected chi connectivity index (χ1v) is 15.8. The number of piperidine rings is 1. The van der Waals surface area contributed by atoms with Gasteiger partial charge in [-0.15, -0.1) is 0 Å². The van der Waals surface area contributed by atoms with Gasteiger partial charge < -0.3 is 25.9 Å². The molecule has 3 aliphatic rings. The van der Waals surface area contributed by atoms with E-state index in [2.05, 4.69) is 26.2 Å². The standard InChI is InChI=1S/C33H39N7O5/c34-31(43)29(6-3-15-41)40-32(44)26-9-8-23(18-27(26)33(40)45)35-12-2-4-21-16-24(17-21)39-20-22(19-36-39)28-5-1-7-30(37-28)38-13-10-25(42)11-14-38/h1,5,7-9,15,18-21,24-25,29,35,42H,2-4,6,10-14,16-17H2,(H2,34,43). The van der Waals surface area contributed by atoms with Gasteiger partial charge in [0.1, 0.15) is 18.1 Å². The van der Waals surface area contributed by atoms with Crippen LogP contribution in [0.5, 0.6) is 0 Å². The van der Waals surface area contributed by atoms with Crippen molar-refractivity contribution in [3.05, 3.63) is 59.9 Å². The minimum Gasteiger partial charge on any atom is -0.393 e. The van der Waals surface area contributed by atoms with E-state index < -0.39 is 23.8 Å². The minimum absolute atomic E-state index is 0.00988. The van der Waals surface area contributed by atoms with Gasteiger partial charge in [0, 0.05) is 43.5 Å². The summed E-state index contributed by atoms with van der Waals surface area (Å²) in [6.45, 7) is 2.34. The summed E-state index contributed by atoms with van der Waals surface area (Å²) >= 11 is 0. The molecule has 236 valence electrons. The van der Waals surface area contributed by atoms with E-state index in [0.717, 1.165) is 85.8 Å².